The van der Waals surface area contributed by atoms with Gasteiger partial charge in [-0.15, -0.1) is 0 Å². The highest BCUT2D eigenvalue weighted by molar-refractivity contribution is 6.25. The minimum Gasteiger partial charge on any atom is -0.308 e. The number of rotatable bonds is 5. The van der Waals surface area contributed by atoms with Crippen molar-refractivity contribution in [3.05, 3.63) is 188 Å². The second kappa shape index (κ2) is 12.4. The second-order valence-corrected chi connectivity index (χ2v) is 14.6. The molecule has 5 heteroatoms. The highest BCUT2D eigenvalue weighted by Gasteiger charge is 2.26. The largest absolute Gasteiger partial charge is 0.308 e. The number of hydrogen-bond donors (Lipinski definition) is 0. The molecule has 0 N–H and O–H groups in total. The monoisotopic (exact) mass is 725 g/mol. The van der Waals surface area contributed by atoms with E-state index >= 15 is 0 Å². The number of para-hydroxylation sites is 2. The van der Waals surface area contributed by atoms with E-state index in [-0.39, 0.29) is 0 Å². The summed E-state index contributed by atoms with van der Waals surface area (Å²) < 4.78 is 2.40. The lowest BCUT2D eigenvalue weighted by Crippen LogP contribution is -2.00. The average molecular weight is 726 g/mol. The van der Waals surface area contributed by atoms with Gasteiger partial charge in [0.25, 0.3) is 0 Å². The lowest BCUT2D eigenvalue weighted by Gasteiger charge is -2.14. The molecule has 0 saturated carbocycles. The Morgan fingerprint density at radius 3 is 1.51 bits per heavy atom. The summed E-state index contributed by atoms with van der Waals surface area (Å²) in [5.41, 5.74) is 14.3. The predicted molar refractivity (Wildman–Crippen MR) is 233 cm³/mol. The molecule has 12 rings (SSSR count). The summed E-state index contributed by atoms with van der Waals surface area (Å²) in [5.74, 6) is 1.91. The van der Waals surface area contributed by atoms with Gasteiger partial charge in [-0.3, -0.25) is 0 Å². The molecule has 0 radical (unpaired) electrons. The Kier molecular flexibility index (Phi) is 6.86. The Hall–Kier alpha value is -7.76. The van der Waals surface area contributed by atoms with E-state index in [0.717, 1.165) is 66.3 Å². The Balaban J connectivity index is 1.08. The first kappa shape index (κ1) is 31.6. The number of pyridine rings is 1. The molecule has 264 valence electrons. The van der Waals surface area contributed by atoms with E-state index in [1.54, 1.807) is 0 Å². The third-order valence-electron chi connectivity index (χ3n) is 11.4. The number of benzene rings is 8. The van der Waals surface area contributed by atoms with Gasteiger partial charge < -0.3 is 4.57 Å². The first-order valence-corrected chi connectivity index (χ1v) is 19.2. The van der Waals surface area contributed by atoms with Gasteiger partial charge in [-0.05, 0) is 69.4 Å². The second-order valence-electron chi connectivity index (χ2n) is 14.6. The van der Waals surface area contributed by atoms with Crippen LogP contribution in [0.15, 0.2) is 188 Å². The van der Waals surface area contributed by atoms with Gasteiger partial charge in [-0.1, -0.05) is 152 Å². The molecule has 0 aliphatic heterocycles. The first-order chi connectivity index (χ1) is 28.3. The number of aromatic nitrogens is 5. The molecule has 0 saturated heterocycles. The molecular formula is C52H31N5. The van der Waals surface area contributed by atoms with Gasteiger partial charge in [0.05, 0.1) is 22.2 Å². The quantitative estimate of drug-likeness (QED) is 0.177. The molecule has 5 nitrogen and oxygen atoms in total. The molecule has 0 unspecified atom stereocenters. The van der Waals surface area contributed by atoms with E-state index in [0.29, 0.717) is 17.5 Å². The minimum absolute atomic E-state index is 0.627. The van der Waals surface area contributed by atoms with E-state index in [1.165, 1.54) is 33.0 Å². The van der Waals surface area contributed by atoms with Crippen LogP contribution in [0.4, 0.5) is 0 Å². The molecular weight excluding hydrogens is 695 g/mol. The lowest BCUT2D eigenvalue weighted by molar-refractivity contribution is 1.07. The molecule has 0 atom stereocenters. The molecule has 3 heterocycles. The molecule has 57 heavy (non-hydrogen) atoms. The SMILES string of the molecule is c1ccc(-c2nc(-c3ccccc3)nc(-c3ccc(-n4c5ccccc5c5c(-c6ccc7c8c(cccc68)-c6ccccc6-7)nc6ccccc6c54)cc3)n2)cc1. The number of nitrogens with zero attached hydrogens (tertiary/aromatic N) is 5. The summed E-state index contributed by atoms with van der Waals surface area (Å²) >= 11 is 0. The smallest absolute Gasteiger partial charge is 0.164 e. The zero-order chi connectivity index (χ0) is 37.5. The van der Waals surface area contributed by atoms with E-state index in [1.807, 2.05) is 60.7 Å². The average Bonchev–Trinajstić information content (AvgIpc) is 3.81. The van der Waals surface area contributed by atoms with E-state index in [4.69, 9.17) is 19.9 Å². The molecule has 0 amide bonds. The number of fused-ring (bicyclic) bond motifs is 8. The topological polar surface area (TPSA) is 56.5 Å². The third kappa shape index (κ3) is 4.82. The van der Waals surface area contributed by atoms with Crippen molar-refractivity contribution in [1.29, 1.82) is 0 Å². The van der Waals surface area contributed by atoms with Crippen molar-refractivity contribution < 1.29 is 0 Å². The van der Waals surface area contributed by atoms with Crippen molar-refractivity contribution in [2.24, 2.45) is 0 Å². The van der Waals surface area contributed by atoms with Crippen LogP contribution >= 0.6 is 0 Å². The maximum atomic E-state index is 5.49. The van der Waals surface area contributed by atoms with Crippen LogP contribution in [0, 0.1) is 0 Å². The molecule has 11 aromatic rings. The van der Waals surface area contributed by atoms with E-state index in [9.17, 15) is 0 Å². The zero-order valence-corrected chi connectivity index (χ0v) is 30.6. The standard InChI is InChI=1S/C52H31N5/c1-3-14-32(15-4-1)50-54-51(33-16-5-2-6-17-33)56-52(55-50)34-26-28-35(29-27-34)57-45-25-12-10-21-43(45)47-48(53-44-24-11-9-20-42(44)49(47)57)41-31-30-40-37-19-8-7-18-36(37)38-22-13-23-39(41)46(38)40/h1-31H. The Morgan fingerprint density at radius 1 is 0.316 bits per heavy atom. The molecule has 1 aliphatic rings. The van der Waals surface area contributed by atoms with E-state index in [2.05, 4.69) is 132 Å². The summed E-state index contributed by atoms with van der Waals surface area (Å²) in [6.07, 6.45) is 0. The minimum atomic E-state index is 0.627. The fourth-order valence-corrected chi connectivity index (χ4v) is 8.86. The number of hydrogen-bond acceptors (Lipinski definition) is 4. The summed E-state index contributed by atoms with van der Waals surface area (Å²) in [4.78, 5) is 20.4. The van der Waals surface area contributed by atoms with Crippen LogP contribution in [0.1, 0.15) is 0 Å². The summed E-state index contributed by atoms with van der Waals surface area (Å²) in [5, 5.41) is 5.92. The van der Waals surface area contributed by atoms with Gasteiger partial charge in [0.1, 0.15) is 0 Å². The Labute approximate surface area is 328 Å². The van der Waals surface area contributed by atoms with Crippen LogP contribution in [-0.2, 0) is 0 Å². The lowest BCUT2D eigenvalue weighted by atomic mass is 9.94. The van der Waals surface area contributed by atoms with Crippen LogP contribution in [0.2, 0.25) is 0 Å². The van der Waals surface area contributed by atoms with Gasteiger partial charge in [0.15, 0.2) is 17.5 Å². The maximum Gasteiger partial charge on any atom is 0.164 e. The molecule has 0 fully saturated rings. The van der Waals surface area contributed by atoms with Crippen molar-refractivity contribution in [3.63, 3.8) is 0 Å². The predicted octanol–water partition coefficient (Wildman–Crippen LogP) is 13.0. The first-order valence-electron chi connectivity index (χ1n) is 19.2. The molecule has 0 bridgehead atoms. The van der Waals surface area contributed by atoms with Gasteiger partial charge in [-0.25, -0.2) is 19.9 Å². The van der Waals surface area contributed by atoms with Gasteiger partial charge in [0, 0.05) is 44.1 Å². The molecule has 0 spiro atoms. The third-order valence-corrected chi connectivity index (χ3v) is 11.4. The van der Waals surface area contributed by atoms with Gasteiger partial charge in [0.2, 0.25) is 0 Å². The summed E-state index contributed by atoms with van der Waals surface area (Å²) in [6.45, 7) is 0. The Morgan fingerprint density at radius 2 is 0.825 bits per heavy atom. The van der Waals surface area contributed by atoms with Crippen molar-refractivity contribution >= 4 is 43.5 Å². The highest BCUT2D eigenvalue weighted by Crippen LogP contribution is 2.50. The Bertz CT molecular complexity index is 3300. The van der Waals surface area contributed by atoms with Crippen LogP contribution in [0.5, 0.6) is 0 Å². The van der Waals surface area contributed by atoms with E-state index < -0.39 is 0 Å². The van der Waals surface area contributed by atoms with Crippen molar-refractivity contribution in [2.45, 2.75) is 0 Å². The highest BCUT2D eigenvalue weighted by atomic mass is 15.0. The fourth-order valence-electron chi connectivity index (χ4n) is 8.86. The van der Waals surface area contributed by atoms with Crippen LogP contribution in [0.3, 0.4) is 0 Å². The zero-order valence-electron chi connectivity index (χ0n) is 30.6. The maximum absolute atomic E-state index is 5.49. The van der Waals surface area contributed by atoms with Gasteiger partial charge >= 0.3 is 0 Å². The fraction of sp³-hybridized carbons (Fsp3) is 0. The van der Waals surface area contributed by atoms with Crippen molar-refractivity contribution in [2.75, 3.05) is 0 Å². The van der Waals surface area contributed by atoms with Crippen LogP contribution in [0.25, 0.3) is 117 Å². The van der Waals surface area contributed by atoms with Crippen LogP contribution in [-0.4, -0.2) is 24.5 Å². The van der Waals surface area contributed by atoms with Crippen molar-refractivity contribution in [1.82, 2.24) is 24.5 Å². The molecule has 1 aliphatic carbocycles. The summed E-state index contributed by atoms with van der Waals surface area (Å²) in [7, 11) is 0. The summed E-state index contributed by atoms with van der Waals surface area (Å²) in [6, 6.07) is 66.1. The molecule has 8 aromatic carbocycles. The van der Waals surface area contributed by atoms with Gasteiger partial charge in [-0.2, -0.15) is 0 Å². The van der Waals surface area contributed by atoms with Crippen LogP contribution < -0.4 is 0 Å². The van der Waals surface area contributed by atoms with Crippen molar-refractivity contribution in [3.8, 4) is 73.4 Å². The normalized spacial score (nSPS) is 11.9. The molecule has 3 aromatic heterocycles.